The van der Waals surface area contributed by atoms with Crippen molar-refractivity contribution in [3.8, 4) is 0 Å². The van der Waals surface area contributed by atoms with Crippen LogP contribution >= 0.6 is 0 Å². The van der Waals surface area contributed by atoms with Gasteiger partial charge in [0.1, 0.15) is 0 Å². The SMILES string of the molecule is CCCCCCCCCCCCCC1CC(=O)NCCCN(C)CCCCN(C)CCCN1C.CCCCCCCCCCCCCC1CCNCCCN(C)CCCCN(C)CCCN1C. The highest BCUT2D eigenvalue weighted by Gasteiger charge is 2.19. The number of unbranched alkanes of at least 4 members (excludes halogenated alkanes) is 20. The first-order valence-corrected chi connectivity index (χ1v) is 29.8. The minimum Gasteiger partial charge on any atom is -0.356 e. The summed E-state index contributed by atoms with van der Waals surface area (Å²) in [7, 11) is 13.7. The maximum absolute atomic E-state index is 12.7. The highest BCUT2D eigenvalue weighted by molar-refractivity contribution is 5.76. The maximum Gasteiger partial charge on any atom is 0.221 e. The Balaban J connectivity index is 0.000000670. The highest BCUT2D eigenvalue weighted by atomic mass is 16.1. The molecule has 2 saturated heterocycles. The van der Waals surface area contributed by atoms with Gasteiger partial charge in [0.15, 0.2) is 0 Å². The minimum atomic E-state index is 0.240. The molecule has 67 heavy (non-hydrogen) atoms. The third kappa shape index (κ3) is 41.5. The van der Waals surface area contributed by atoms with E-state index in [1.165, 1.54) is 251 Å². The van der Waals surface area contributed by atoms with Gasteiger partial charge in [0.2, 0.25) is 5.91 Å². The van der Waals surface area contributed by atoms with Crippen molar-refractivity contribution >= 4 is 5.91 Å². The smallest absolute Gasteiger partial charge is 0.221 e. The van der Waals surface area contributed by atoms with E-state index in [2.05, 4.69) is 96.2 Å². The quantitative estimate of drug-likeness (QED) is 0.0928. The molecule has 400 valence electrons. The molecule has 0 aromatic carbocycles. The second-order valence-electron chi connectivity index (χ2n) is 22.1. The number of amides is 1. The zero-order chi connectivity index (χ0) is 48.8. The first kappa shape index (κ1) is 64.2. The van der Waals surface area contributed by atoms with E-state index in [1.54, 1.807) is 0 Å². The number of hydrogen-bond donors (Lipinski definition) is 2. The van der Waals surface area contributed by atoms with Crippen LogP contribution in [-0.4, -0.2) is 175 Å². The summed E-state index contributed by atoms with van der Waals surface area (Å²) in [6.45, 7) is 19.6. The predicted octanol–water partition coefficient (Wildman–Crippen LogP) is 12.3. The van der Waals surface area contributed by atoms with Crippen LogP contribution in [0.5, 0.6) is 0 Å². The van der Waals surface area contributed by atoms with Crippen molar-refractivity contribution in [1.29, 1.82) is 0 Å². The van der Waals surface area contributed by atoms with Gasteiger partial charge in [-0.3, -0.25) is 4.79 Å². The Morgan fingerprint density at radius 2 is 0.701 bits per heavy atom. The Kier molecular flexibility index (Phi) is 45.5. The van der Waals surface area contributed by atoms with Gasteiger partial charge >= 0.3 is 0 Å². The fourth-order valence-electron chi connectivity index (χ4n) is 10.4. The molecule has 0 aromatic heterocycles. The van der Waals surface area contributed by atoms with Crippen molar-refractivity contribution in [3.63, 3.8) is 0 Å². The molecule has 2 aliphatic rings. The minimum absolute atomic E-state index is 0.240. The van der Waals surface area contributed by atoms with Crippen LogP contribution in [0.4, 0.5) is 0 Å². The first-order valence-electron chi connectivity index (χ1n) is 29.8. The molecule has 2 aliphatic heterocycles. The van der Waals surface area contributed by atoms with Crippen LogP contribution in [0, 0.1) is 0 Å². The van der Waals surface area contributed by atoms with Crippen molar-refractivity contribution in [3.05, 3.63) is 0 Å². The van der Waals surface area contributed by atoms with Crippen LogP contribution in [0.3, 0.4) is 0 Å². The van der Waals surface area contributed by atoms with Crippen LogP contribution in [0.25, 0.3) is 0 Å². The van der Waals surface area contributed by atoms with E-state index in [0.717, 1.165) is 51.6 Å². The topological polar surface area (TPSA) is 60.6 Å². The molecule has 2 fully saturated rings. The first-order chi connectivity index (χ1) is 32.7. The third-order valence-electron chi connectivity index (χ3n) is 15.3. The molecule has 9 nitrogen and oxygen atoms in total. The lowest BCUT2D eigenvalue weighted by molar-refractivity contribution is -0.122. The molecular weight excluding hydrogens is 825 g/mol. The predicted molar refractivity (Wildman–Crippen MR) is 297 cm³/mol. The van der Waals surface area contributed by atoms with E-state index in [0.29, 0.717) is 12.5 Å². The number of nitrogens with zero attached hydrogens (tertiary/aromatic N) is 6. The van der Waals surface area contributed by atoms with Gasteiger partial charge in [-0.15, -0.1) is 0 Å². The van der Waals surface area contributed by atoms with Gasteiger partial charge < -0.3 is 40.0 Å². The van der Waals surface area contributed by atoms with E-state index in [9.17, 15) is 4.79 Å². The molecule has 2 atom stereocenters. The van der Waals surface area contributed by atoms with Gasteiger partial charge in [0, 0.05) is 25.0 Å². The summed E-state index contributed by atoms with van der Waals surface area (Å²) in [5, 5.41) is 6.94. The fraction of sp³-hybridized carbons (Fsp3) is 0.983. The summed E-state index contributed by atoms with van der Waals surface area (Å²) in [6.07, 6.45) is 45.5. The van der Waals surface area contributed by atoms with Crippen LogP contribution in [0.1, 0.15) is 232 Å². The largest absolute Gasteiger partial charge is 0.356 e. The summed E-state index contributed by atoms with van der Waals surface area (Å²) < 4.78 is 0. The summed E-state index contributed by atoms with van der Waals surface area (Å²) in [4.78, 5) is 27.8. The second kappa shape index (κ2) is 47.5. The average Bonchev–Trinajstić information content (AvgIpc) is 3.31. The van der Waals surface area contributed by atoms with Crippen molar-refractivity contribution in [2.75, 3.05) is 127 Å². The third-order valence-corrected chi connectivity index (χ3v) is 15.3. The van der Waals surface area contributed by atoms with Gasteiger partial charge in [-0.25, -0.2) is 0 Å². The molecule has 9 heteroatoms. The molecule has 0 aromatic rings. The number of hydrogen-bond acceptors (Lipinski definition) is 8. The van der Waals surface area contributed by atoms with E-state index >= 15 is 0 Å². The molecule has 2 unspecified atom stereocenters. The average molecular weight is 948 g/mol. The van der Waals surface area contributed by atoms with Gasteiger partial charge in [0.25, 0.3) is 0 Å². The van der Waals surface area contributed by atoms with Crippen LogP contribution in [0.2, 0.25) is 0 Å². The molecule has 0 aliphatic carbocycles. The summed E-state index contributed by atoms with van der Waals surface area (Å²) >= 11 is 0. The molecule has 2 heterocycles. The van der Waals surface area contributed by atoms with E-state index in [4.69, 9.17) is 0 Å². The Morgan fingerprint density at radius 1 is 0.373 bits per heavy atom. The highest BCUT2D eigenvalue weighted by Crippen LogP contribution is 2.18. The lowest BCUT2D eigenvalue weighted by atomic mass is 10.0. The number of nitrogens with one attached hydrogen (secondary N) is 2. The monoisotopic (exact) mass is 947 g/mol. The van der Waals surface area contributed by atoms with E-state index in [-0.39, 0.29) is 5.91 Å². The summed E-state index contributed by atoms with van der Waals surface area (Å²) in [6, 6.07) is 1.13. The molecule has 2 rings (SSSR count). The molecule has 1 amide bonds. The molecule has 0 radical (unpaired) electrons. The zero-order valence-corrected chi connectivity index (χ0v) is 47.0. The molecule has 0 bridgehead atoms. The van der Waals surface area contributed by atoms with Crippen LogP contribution < -0.4 is 10.6 Å². The number of carbonyl (C=O) groups excluding carboxylic acids is 1. The van der Waals surface area contributed by atoms with Crippen LogP contribution in [-0.2, 0) is 4.79 Å². The lowest BCUT2D eigenvalue weighted by Gasteiger charge is -2.29. The molecule has 2 N–H and O–H groups in total. The summed E-state index contributed by atoms with van der Waals surface area (Å²) in [5.74, 6) is 0.240. The molecule has 0 saturated carbocycles. The van der Waals surface area contributed by atoms with Crippen molar-refractivity contribution in [2.24, 2.45) is 0 Å². The normalized spacial score (nSPS) is 22.1. The lowest BCUT2D eigenvalue weighted by Crippen LogP contribution is -2.39. The van der Waals surface area contributed by atoms with Crippen molar-refractivity contribution in [1.82, 2.24) is 40.0 Å². The van der Waals surface area contributed by atoms with Crippen molar-refractivity contribution in [2.45, 2.75) is 244 Å². The maximum atomic E-state index is 12.7. The Hall–Kier alpha value is -0.810. The fourth-order valence-corrected chi connectivity index (χ4v) is 10.4. The molecular formula is C58H122N8O. The van der Waals surface area contributed by atoms with Gasteiger partial charge in [-0.2, -0.15) is 0 Å². The molecule has 0 spiro atoms. The number of carbonyl (C=O) groups is 1. The van der Waals surface area contributed by atoms with E-state index < -0.39 is 0 Å². The second-order valence-corrected chi connectivity index (χ2v) is 22.1. The van der Waals surface area contributed by atoms with Gasteiger partial charge in [-0.1, -0.05) is 155 Å². The van der Waals surface area contributed by atoms with E-state index in [1.807, 2.05) is 0 Å². The van der Waals surface area contributed by atoms with Crippen molar-refractivity contribution < 1.29 is 4.79 Å². The van der Waals surface area contributed by atoms with Gasteiger partial charge in [0.05, 0.1) is 0 Å². The standard InChI is InChI=1S/C29H60N4O.C29H62N4/c1-5-6-7-8-9-10-11-12-13-14-15-20-28-27-29(34)30-21-18-24-31(2)22-16-17-23-32(3)25-19-26-33(28)4;1-5-6-7-8-9-10-11-12-13-14-15-20-29-21-23-30-22-18-26-31(2)24-16-17-25-32(3)27-19-28-33(29)4/h28H,5-27H2,1-4H3,(H,30,34);29-30H,5-28H2,1-4H3. The Morgan fingerprint density at radius 3 is 1.12 bits per heavy atom. The Labute approximate surface area is 420 Å². The zero-order valence-electron chi connectivity index (χ0n) is 47.0. The summed E-state index contributed by atoms with van der Waals surface area (Å²) in [5.41, 5.74) is 0. The Bertz CT molecular complexity index is 1030. The van der Waals surface area contributed by atoms with Crippen LogP contribution in [0.15, 0.2) is 0 Å². The van der Waals surface area contributed by atoms with Gasteiger partial charge in [-0.05, 0) is 191 Å². The number of rotatable bonds is 24.